The number of fused-ring (bicyclic) bond motifs is 1. The van der Waals surface area contributed by atoms with E-state index in [4.69, 9.17) is 0 Å². The van der Waals surface area contributed by atoms with Crippen molar-refractivity contribution in [3.8, 4) is 11.3 Å². The largest absolute Gasteiger partial charge is 0.360 e. The van der Waals surface area contributed by atoms with Crippen LogP contribution in [0.1, 0.15) is 23.2 Å². The Balaban J connectivity index is 1.29. The summed E-state index contributed by atoms with van der Waals surface area (Å²) in [7, 11) is 0. The van der Waals surface area contributed by atoms with Crippen molar-refractivity contribution < 1.29 is 4.79 Å². The molecule has 6 nitrogen and oxygen atoms in total. The third kappa shape index (κ3) is 3.49. The quantitative estimate of drug-likeness (QED) is 0.498. The molecule has 0 saturated carbocycles. The molecule has 0 aliphatic carbocycles. The lowest BCUT2D eigenvalue weighted by Gasteiger charge is -2.33. The summed E-state index contributed by atoms with van der Waals surface area (Å²) in [5.74, 6) is 0.899. The molecule has 1 aliphatic rings. The molecule has 1 saturated heterocycles. The van der Waals surface area contributed by atoms with Crippen LogP contribution in [0, 0.1) is 0 Å². The molecule has 6 heteroatoms. The van der Waals surface area contributed by atoms with E-state index in [1.807, 2.05) is 42.5 Å². The Morgan fingerprint density at radius 1 is 1.10 bits per heavy atom. The molecule has 29 heavy (non-hydrogen) atoms. The first-order chi connectivity index (χ1) is 14.3. The Hall–Kier alpha value is -3.54. The van der Waals surface area contributed by atoms with E-state index >= 15 is 0 Å². The van der Waals surface area contributed by atoms with Gasteiger partial charge >= 0.3 is 0 Å². The molecule has 4 aromatic rings. The van der Waals surface area contributed by atoms with E-state index in [0.717, 1.165) is 53.9 Å². The number of carbonyl (C=O) groups is 1. The number of H-pyrrole nitrogens is 2. The van der Waals surface area contributed by atoms with Crippen LogP contribution in [0.15, 0.2) is 66.9 Å². The first kappa shape index (κ1) is 17.6. The van der Waals surface area contributed by atoms with Crippen LogP contribution in [-0.2, 0) is 0 Å². The fourth-order valence-corrected chi connectivity index (χ4v) is 4.06. The molecular formula is C23H23N5O. The molecular weight excluding hydrogens is 362 g/mol. The maximum Gasteiger partial charge on any atom is 0.253 e. The molecule has 1 atom stereocenters. The van der Waals surface area contributed by atoms with Gasteiger partial charge < -0.3 is 15.2 Å². The highest BCUT2D eigenvalue weighted by atomic mass is 16.1. The summed E-state index contributed by atoms with van der Waals surface area (Å²) in [6.07, 6.45) is 3.79. The van der Waals surface area contributed by atoms with Gasteiger partial charge in [0.1, 0.15) is 0 Å². The normalized spacial score (nSPS) is 16.8. The Morgan fingerprint density at radius 2 is 1.93 bits per heavy atom. The second-order valence-corrected chi connectivity index (χ2v) is 7.51. The van der Waals surface area contributed by atoms with Crippen molar-refractivity contribution in [3.63, 3.8) is 0 Å². The van der Waals surface area contributed by atoms with Crippen molar-refractivity contribution in [2.45, 2.75) is 18.9 Å². The Bertz CT molecular complexity index is 1130. The predicted octanol–water partition coefficient (Wildman–Crippen LogP) is 3.96. The number of piperidine rings is 1. The second kappa shape index (κ2) is 7.47. The number of amides is 1. The zero-order chi connectivity index (χ0) is 19.6. The van der Waals surface area contributed by atoms with Crippen LogP contribution in [-0.4, -0.2) is 40.2 Å². The SMILES string of the molecule is O=C(N[C@@H]1CCCN(c2cc(-c3ccccc3)[nH]n2)C1)c1c[nH]c2ccccc12. The Morgan fingerprint density at radius 3 is 2.83 bits per heavy atom. The average Bonchev–Trinajstić information content (AvgIpc) is 3.42. The number of rotatable bonds is 4. The molecule has 0 radical (unpaired) electrons. The van der Waals surface area contributed by atoms with Gasteiger partial charge in [0, 0.05) is 42.3 Å². The molecule has 2 aromatic carbocycles. The first-order valence-electron chi connectivity index (χ1n) is 10.0. The Kier molecular flexibility index (Phi) is 4.52. The number of aromatic nitrogens is 3. The smallest absolute Gasteiger partial charge is 0.253 e. The highest BCUT2D eigenvalue weighted by molar-refractivity contribution is 6.06. The molecule has 0 unspecified atom stereocenters. The van der Waals surface area contributed by atoms with E-state index in [9.17, 15) is 4.79 Å². The minimum Gasteiger partial charge on any atom is -0.360 e. The second-order valence-electron chi connectivity index (χ2n) is 7.51. The van der Waals surface area contributed by atoms with Gasteiger partial charge in [-0.25, -0.2) is 0 Å². The average molecular weight is 385 g/mol. The summed E-state index contributed by atoms with van der Waals surface area (Å²) >= 11 is 0. The summed E-state index contributed by atoms with van der Waals surface area (Å²) in [5, 5.41) is 11.8. The zero-order valence-corrected chi connectivity index (χ0v) is 16.1. The van der Waals surface area contributed by atoms with Crippen LogP contribution in [0.25, 0.3) is 22.2 Å². The van der Waals surface area contributed by atoms with E-state index in [-0.39, 0.29) is 11.9 Å². The van der Waals surface area contributed by atoms with Gasteiger partial charge in [-0.05, 0) is 24.5 Å². The summed E-state index contributed by atoms with van der Waals surface area (Å²) in [4.78, 5) is 18.3. The minimum absolute atomic E-state index is 0.0266. The van der Waals surface area contributed by atoms with E-state index in [1.54, 1.807) is 6.20 Å². The topological polar surface area (TPSA) is 76.8 Å². The van der Waals surface area contributed by atoms with Crippen molar-refractivity contribution in [1.29, 1.82) is 0 Å². The number of anilines is 1. The monoisotopic (exact) mass is 385 g/mol. The predicted molar refractivity (Wildman–Crippen MR) is 115 cm³/mol. The Labute approximate surface area is 168 Å². The number of carbonyl (C=O) groups excluding carboxylic acids is 1. The number of para-hydroxylation sites is 1. The summed E-state index contributed by atoms with van der Waals surface area (Å²) in [6.45, 7) is 1.70. The lowest BCUT2D eigenvalue weighted by molar-refractivity contribution is 0.0935. The molecule has 1 aliphatic heterocycles. The fraction of sp³-hybridized carbons (Fsp3) is 0.217. The van der Waals surface area contributed by atoms with Crippen LogP contribution < -0.4 is 10.2 Å². The van der Waals surface area contributed by atoms with Crippen LogP contribution >= 0.6 is 0 Å². The molecule has 2 aromatic heterocycles. The van der Waals surface area contributed by atoms with Crippen molar-refractivity contribution in [3.05, 3.63) is 72.4 Å². The molecule has 0 spiro atoms. The van der Waals surface area contributed by atoms with Crippen LogP contribution in [0.5, 0.6) is 0 Å². The molecule has 3 heterocycles. The van der Waals surface area contributed by atoms with Crippen molar-refractivity contribution in [2.75, 3.05) is 18.0 Å². The molecule has 3 N–H and O–H groups in total. The van der Waals surface area contributed by atoms with Gasteiger partial charge in [-0.3, -0.25) is 9.89 Å². The molecule has 1 fully saturated rings. The van der Waals surface area contributed by atoms with Crippen LogP contribution in [0.2, 0.25) is 0 Å². The zero-order valence-electron chi connectivity index (χ0n) is 16.1. The van der Waals surface area contributed by atoms with E-state index in [1.165, 1.54) is 0 Å². The molecule has 1 amide bonds. The van der Waals surface area contributed by atoms with Crippen LogP contribution in [0.3, 0.4) is 0 Å². The minimum atomic E-state index is -0.0266. The molecule has 5 rings (SSSR count). The standard InChI is InChI=1S/C23H23N5O/c29-23(19-14-24-20-11-5-4-10-18(19)20)25-17-9-6-12-28(15-17)22-13-21(26-27-22)16-7-2-1-3-8-16/h1-5,7-8,10-11,13-14,17,24H,6,9,12,15H2,(H,25,29)(H,26,27)/t17-/m1/s1. The van der Waals surface area contributed by atoms with Crippen LogP contribution in [0.4, 0.5) is 5.82 Å². The van der Waals surface area contributed by atoms with Crippen molar-refractivity contribution in [2.24, 2.45) is 0 Å². The summed E-state index contributed by atoms with van der Waals surface area (Å²) in [5.41, 5.74) is 3.80. The van der Waals surface area contributed by atoms with Gasteiger partial charge in [0.05, 0.1) is 11.3 Å². The van der Waals surface area contributed by atoms with Gasteiger partial charge in [-0.15, -0.1) is 0 Å². The van der Waals surface area contributed by atoms with E-state index in [0.29, 0.717) is 5.56 Å². The summed E-state index contributed by atoms with van der Waals surface area (Å²) in [6, 6.07) is 20.2. The van der Waals surface area contributed by atoms with Gasteiger partial charge in [-0.2, -0.15) is 5.10 Å². The summed E-state index contributed by atoms with van der Waals surface area (Å²) < 4.78 is 0. The van der Waals surface area contributed by atoms with E-state index < -0.39 is 0 Å². The van der Waals surface area contributed by atoms with E-state index in [2.05, 4.69) is 43.6 Å². The number of nitrogens with one attached hydrogen (secondary N) is 3. The third-order valence-electron chi connectivity index (χ3n) is 5.56. The maximum atomic E-state index is 12.8. The van der Waals surface area contributed by atoms with Gasteiger partial charge in [-0.1, -0.05) is 48.5 Å². The fourth-order valence-electron chi connectivity index (χ4n) is 4.06. The first-order valence-corrected chi connectivity index (χ1v) is 10.0. The highest BCUT2D eigenvalue weighted by Crippen LogP contribution is 2.24. The van der Waals surface area contributed by atoms with Gasteiger partial charge in [0.25, 0.3) is 5.91 Å². The maximum absolute atomic E-state index is 12.8. The number of hydrogen-bond acceptors (Lipinski definition) is 3. The van der Waals surface area contributed by atoms with Crippen molar-refractivity contribution >= 4 is 22.6 Å². The number of nitrogens with zero attached hydrogens (tertiary/aromatic N) is 2. The van der Waals surface area contributed by atoms with Gasteiger partial charge in [0.2, 0.25) is 0 Å². The van der Waals surface area contributed by atoms with Gasteiger partial charge in [0.15, 0.2) is 5.82 Å². The highest BCUT2D eigenvalue weighted by Gasteiger charge is 2.24. The van der Waals surface area contributed by atoms with Crippen molar-refractivity contribution in [1.82, 2.24) is 20.5 Å². The number of benzene rings is 2. The number of aromatic amines is 2. The lowest BCUT2D eigenvalue weighted by atomic mass is 10.0. The molecule has 0 bridgehead atoms. The number of hydrogen-bond donors (Lipinski definition) is 3. The third-order valence-corrected chi connectivity index (χ3v) is 5.56. The lowest BCUT2D eigenvalue weighted by Crippen LogP contribution is -2.48. The molecule has 146 valence electrons.